The Hall–Kier alpha value is -0.730. The molecule has 1 saturated heterocycles. The smallest absolute Gasteiger partial charge is 0.224 e. The van der Waals surface area contributed by atoms with Gasteiger partial charge in [0.1, 0.15) is 18.3 Å². The summed E-state index contributed by atoms with van der Waals surface area (Å²) < 4.78 is 5.90. The van der Waals surface area contributed by atoms with E-state index in [-0.39, 0.29) is 5.91 Å². The molecule has 0 radical (unpaired) electrons. The van der Waals surface area contributed by atoms with Crippen LogP contribution in [-0.2, 0) is 9.53 Å². The highest BCUT2D eigenvalue weighted by molar-refractivity contribution is 5.76. The van der Waals surface area contributed by atoms with E-state index in [2.05, 4.69) is 13.8 Å². The van der Waals surface area contributed by atoms with Gasteiger partial charge >= 0.3 is 0 Å². The second-order valence-electron chi connectivity index (χ2n) is 13.3. The molecule has 0 aromatic carbocycles. The molecule has 0 spiro atoms. The number of amides is 1. The lowest BCUT2D eigenvalue weighted by Gasteiger charge is -2.45. The van der Waals surface area contributed by atoms with Gasteiger partial charge in [0.2, 0.25) is 5.91 Å². The Balaban J connectivity index is 2.33. The predicted molar refractivity (Wildman–Crippen MR) is 179 cm³/mol. The van der Waals surface area contributed by atoms with Gasteiger partial charge in [-0.2, -0.15) is 0 Å². The number of aliphatic hydroxyl groups excluding tert-OH is 3. The summed E-state index contributed by atoms with van der Waals surface area (Å²) in [6, 6.07) is -0.911. The second-order valence-corrected chi connectivity index (χ2v) is 13.3. The molecule has 0 aromatic heterocycles. The van der Waals surface area contributed by atoms with Gasteiger partial charge < -0.3 is 30.7 Å². The van der Waals surface area contributed by atoms with Crippen molar-refractivity contribution in [3.8, 4) is 0 Å². The van der Waals surface area contributed by atoms with E-state index in [0.717, 1.165) is 38.5 Å². The monoisotopic (exact) mass is 613 g/mol. The number of aliphatic hydroxyl groups is 3. The van der Waals surface area contributed by atoms with Gasteiger partial charge in [0, 0.05) is 13.0 Å². The number of hydrogen-bond donors (Lipinski definition) is 4. The molecule has 256 valence electrons. The third-order valence-electron chi connectivity index (χ3n) is 9.32. The molecule has 0 aliphatic carbocycles. The molecular weight excluding hydrogens is 540 g/mol. The zero-order valence-corrected chi connectivity index (χ0v) is 28.4. The van der Waals surface area contributed by atoms with Crippen molar-refractivity contribution in [2.24, 2.45) is 5.73 Å². The lowest BCUT2D eigenvalue weighted by Crippen LogP contribution is -2.67. The molecule has 5 N–H and O–H groups in total. The van der Waals surface area contributed by atoms with E-state index in [1.807, 2.05) is 0 Å². The fraction of sp³-hybridized carbons (Fsp3) is 0.972. The zero-order valence-electron chi connectivity index (χ0n) is 28.4. The summed E-state index contributed by atoms with van der Waals surface area (Å²) in [4.78, 5) is 15.0. The van der Waals surface area contributed by atoms with Gasteiger partial charge in [0.25, 0.3) is 0 Å². The lowest BCUT2D eigenvalue weighted by atomic mass is 9.95. The maximum Gasteiger partial charge on any atom is 0.224 e. The van der Waals surface area contributed by atoms with E-state index in [1.54, 1.807) is 4.90 Å². The molecule has 7 nitrogen and oxygen atoms in total. The van der Waals surface area contributed by atoms with Crippen LogP contribution in [0, 0.1) is 0 Å². The molecule has 0 bridgehead atoms. The maximum absolute atomic E-state index is 13.4. The molecule has 7 heteroatoms. The van der Waals surface area contributed by atoms with Crippen LogP contribution in [0.1, 0.15) is 181 Å². The summed E-state index contributed by atoms with van der Waals surface area (Å²) >= 11 is 0. The Morgan fingerprint density at radius 2 is 0.977 bits per heavy atom. The highest BCUT2D eigenvalue weighted by atomic mass is 16.5. The minimum Gasteiger partial charge on any atom is -0.394 e. The second kappa shape index (κ2) is 27.6. The maximum atomic E-state index is 13.4. The SMILES string of the molecule is CCCCCCCCCCCCCCCCCCN(C(=O)CCCCCCCCCCC)[C@@H]1O[C@H](CO)[C@H](O)[C@H](O)[C@H]1N. The number of rotatable bonds is 29. The molecule has 5 atom stereocenters. The van der Waals surface area contributed by atoms with E-state index >= 15 is 0 Å². The predicted octanol–water partition coefficient (Wildman–Crippen LogP) is 7.76. The summed E-state index contributed by atoms with van der Waals surface area (Å²) in [6.07, 6.45) is 27.5. The molecular formula is C36H72N2O5. The summed E-state index contributed by atoms with van der Waals surface area (Å²) in [6.45, 7) is 4.60. The van der Waals surface area contributed by atoms with Crippen molar-refractivity contribution in [1.82, 2.24) is 4.90 Å². The van der Waals surface area contributed by atoms with Gasteiger partial charge in [-0.3, -0.25) is 4.79 Å². The van der Waals surface area contributed by atoms with E-state index in [0.29, 0.717) is 13.0 Å². The minimum atomic E-state index is -1.26. The molecule has 1 heterocycles. The van der Waals surface area contributed by atoms with E-state index in [9.17, 15) is 20.1 Å². The largest absolute Gasteiger partial charge is 0.394 e. The Kier molecular flexibility index (Phi) is 25.8. The number of nitrogens with two attached hydrogens (primary N) is 1. The number of nitrogens with zero attached hydrogens (tertiary/aromatic N) is 1. The topological polar surface area (TPSA) is 116 Å². The highest BCUT2D eigenvalue weighted by Gasteiger charge is 2.45. The van der Waals surface area contributed by atoms with Crippen molar-refractivity contribution in [3.05, 3.63) is 0 Å². The van der Waals surface area contributed by atoms with E-state index < -0.39 is 37.2 Å². The molecule has 1 rings (SSSR count). The van der Waals surface area contributed by atoms with Gasteiger partial charge in [-0.1, -0.05) is 162 Å². The first kappa shape index (κ1) is 40.3. The van der Waals surface area contributed by atoms with Crippen molar-refractivity contribution in [1.29, 1.82) is 0 Å². The summed E-state index contributed by atoms with van der Waals surface area (Å²) in [7, 11) is 0. The van der Waals surface area contributed by atoms with Gasteiger partial charge in [-0.15, -0.1) is 0 Å². The van der Waals surface area contributed by atoms with Crippen LogP contribution < -0.4 is 5.73 Å². The molecule has 0 aromatic rings. The molecule has 1 fully saturated rings. The van der Waals surface area contributed by atoms with Crippen LogP contribution in [0.5, 0.6) is 0 Å². The highest BCUT2D eigenvalue weighted by Crippen LogP contribution is 2.24. The Morgan fingerprint density at radius 1 is 0.605 bits per heavy atom. The van der Waals surface area contributed by atoms with Crippen molar-refractivity contribution < 1.29 is 24.9 Å². The number of carbonyl (C=O) groups excluding carboxylic acids is 1. The van der Waals surface area contributed by atoms with Gasteiger partial charge in [-0.05, 0) is 12.8 Å². The lowest BCUT2D eigenvalue weighted by molar-refractivity contribution is -0.226. The van der Waals surface area contributed by atoms with Crippen molar-refractivity contribution in [2.45, 2.75) is 211 Å². The minimum absolute atomic E-state index is 0.00960. The van der Waals surface area contributed by atoms with Crippen molar-refractivity contribution in [3.63, 3.8) is 0 Å². The molecule has 1 amide bonds. The first-order chi connectivity index (χ1) is 21.0. The van der Waals surface area contributed by atoms with Crippen LogP contribution >= 0.6 is 0 Å². The average molecular weight is 613 g/mol. The fourth-order valence-electron chi connectivity index (χ4n) is 6.35. The number of hydrogen-bond acceptors (Lipinski definition) is 6. The van der Waals surface area contributed by atoms with Gasteiger partial charge in [0.05, 0.1) is 12.6 Å². The third-order valence-corrected chi connectivity index (χ3v) is 9.32. The van der Waals surface area contributed by atoms with Crippen LogP contribution in [-0.4, -0.2) is 69.9 Å². The summed E-state index contributed by atoms with van der Waals surface area (Å²) in [5.41, 5.74) is 6.26. The standard InChI is InChI=1S/C36H72N2O5/c1-3-5-7-9-11-13-14-15-16-17-18-19-21-23-25-27-29-38(36-33(37)35(42)34(41)31(30-39)43-36)32(40)28-26-24-22-20-12-10-8-6-4-2/h31,33-36,39,41-42H,3-30,37H2,1-2H3/t31-,33-,34+,35-,36-/m1/s1. The number of carbonyl (C=O) groups is 1. The Labute approximate surface area is 265 Å². The van der Waals surface area contributed by atoms with Crippen LogP contribution in [0.3, 0.4) is 0 Å². The van der Waals surface area contributed by atoms with Gasteiger partial charge in [-0.25, -0.2) is 0 Å². The molecule has 1 aliphatic rings. The first-order valence-corrected chi connectivity index (χ1v) is 18.6. The average Bonchev–Trinajstić information content (AvgIpc) is 3.01. The van der Waals surface area contributed by atoms with Gasteiger partial charge in [0.15, 0.2) is 6.23 Å². The molecule has 0 unspecified atom stereocenters. The van der Waals surface area contributed by atoms with Crippen molar-refractivity contribution in [2.75, 3.05) is 13.2 Å². The fourth-order valence-corrected chi connectivity index (χ4v) is 6.35. The first-order valence-electron chi connectivity index (χ1n) is 18.6. The molecule has 0 saturated carbocycles. The zero-order chi connectivity index (χ0) is 31.5. The van der Waals surface area contributed by atoms with E-state index in [1.165, 1.54) is 122 Å². The summed E-state index contributed by atoms with van der Waals surface area (Å²) in [5, 5.41) is 30.4. The number of ether oxygens (including phenoxy) is 1. The van der Waals surface area contributed by atoms with Crippen molar-refractivity contribution >= 4 is 5.91 Å². The summed E-state index contributed by atoms with van der Waals surface area (Å²) in [5.74, 6) is -0.00960. The number of unbranched alkanes of at least 4 members (excludes halogenated alkanes) is 23. The third kappa shape index (κ3) is 18.7. The normalized spacial score (nSPS) is 22.2. The molecule has 43 heavy (non-hydrogen) atoms. The molecule has 1 aliphatic heterocycles. The van der Waals surface area contributed by atoms with Crippen LogP contribution in [0.4, 0.5) is 0 Å². The van der Waals surface area contributed by atoms with Crippen LogP contribution in [0.15, 0.2) is 0 Å². The van der Waals surface area contributed by atoms with Crippen LogP contribution in [0.2, 0.25) is 0 Å². The van der Waals surface area contributed by atoms with Crippen LogP contribution in [0.25, 0.3) is 0 Å². The van der Waals surface area contributed by atoms with E-state index in [4.69, 9.17) is 10.5 Å². The Bertz CT molecular complexity index is 635. The quantitative estimate of drug-likeness (QED) is 0.0642. The Morgan fingerprint density at radius 3 is 1.37 bits per heavy atom.